The van der Waals surface area contributed by atoms with Gasteiger partial charge in [-0.15, -0.1) is 0 Å². The Kier molecular flexibility index (Phi) is 5.82. The van der Waals surface area contributed by atoms with E-state index in [1.165, 1.54) is 18.2 Å². The zero-order valence-electron chi connectivity index (χ0n) is 11.2. The highest BCUT2D eigenvalue weighted by molar-refractivity contribution is 5.98. The van der Waals surface area contributed by atoms with Crippen molar-refractivity contribution in [3.63, 3.8) is 0 Å². The van der Waals surface area contributed by atoms with Crippen LogP contribution in [0.3, 0.4) is 0 Å². The number of hydrogen-bond donors (Lipinski definition) is 1. The molecule has 0 spiro atoms. The molecular formula is C13H16F3NO3. The molecule has 0 atom stereocenters. The predicted molar refractivity (Wildman–Crippen MR) is 67.2 cm³/mol. The molecule has 2 rings (SSSR count). The second kappa shape index (κ2) is 7.14. The summed E-state index contributed by atoms with van der Waals surface area (Å²) in [7, 11) is 0. The smallest absolute Gasteiger partial charge is 0.330 e. The van der Waals surface area contributed by atoms with Crippen molar-refractivity contribution in [2.75, 3.05) is 20.0 Å². The van der Waals surface area contributed by atoms with E-state index >= 15 is 0 Å². The average Bonchev–Trinajstić information content (AvgIpc) is 2.94. The topological polar surface area (TPSA) is 47.6 Å². The van der Waals surface area contributed by atoms with Gasteiger partial charge in [-0.3, -0.25) is 4.79 Å². The summed E-state index contributed by atoms with van der Waals surface area (Å²) < 4.78 is 47.1. The van der Waals surface area contributed by atoms with E-state index in [1.54, 1.807) is 5.32 Å². The van der Waals surface area contributed by atoms with Crippen LogP contribution in [-0.4, -0.2) is 31.8 Å². The van der Waals surface area contributed by atoms with Gasteiger partial charge in [-0.25, -0.2) is 9.71 Å². The summed E-state index contributed by atoms with van der Waals surface area (Å²) in [6.45, 7) is 1.54. The van der Waals surface area contributed by atoms with Crippen molar-refractivity contribution in [1.29, 1.82) is 0 Å². The Morgan fingerprint density at radius 1 is 1.30 bits per heavy atom. The fourth-order valence-corrected chi connectivity index (χ4v) is 1.43. The molecule has 0 aliphatic carbocycles. The van der Waals surface area contributed by atoms with Crippen LogP contribution in [0.5, 0.6) is 11.5 Å². The molecule has 1 N–H and O–H groups in total. The first-order chi connectivity index (χ1) is 9.52. The maximum atomic E-state index is 12.6. The van der Waals surface area contributed by atoms with Crippen LogP contribution in [0.15, 0.2) is 18.2 Å². The lowest BCUT2D eigenvalue weighted by atomic mass is 10.1. The number of carbonyl (C=O) groups is 1. The van der Waals surface area contributed by atoms with Crippen molar-refractivity contribution >= 4 is 5.78 Å². The summed E-state index contributed by atoms with van der Waals surface area (Å²) in [5, 5.41) is 1.54. The molecule has 1 heterocycles. The van der Waals surface area contributed by atoms with E-state index in [1.807, 2.05) is 13.8 Å². The van der Waals surface area contributed by atoms with Gasteiger partial charge < -0.3 is 9.47 Å². The van der Waals surface area contributed by atoms with Crippen LogP contribution in [0, 0.1) is 0 Å². The number of fused-ring (bicyclic) bond motifs is 1. The molecule has 1 aromatic carbocycles. The third-order valence-electron chi connectivity index (χ3n) is 2.37. The van der Waals surface area contributed by atoms with Gasteiger partial charge in [0.05, 0.1) is 6.54 Å². The molecular weight excluding hydrogens is 275 g/mol. The van der Waals surface area contributed by atoms with E-state index in [0.29, 0.717) is 11.5 Å². The van der Waals surface area contributed by atoms with Gasteiger partial charge in [0, 0.05) is 5.56 Å². The second-order valence-corrected chi connectivity index (χ2v) is 3.68. The van der Waals surface area contributed by atoms with Gasteiger partial charge in [-0.05, 0) is 18.2 Å². The molecule has 0 amide bonds. The first-order valence-corrected chi connectivity index (χ1v) is 6.13. The minimum absolute atomic E-state index is 0.0607. The number of halogens is 3. The first kappa shape index (κ1) is 16.3. The Morgan fingerprint density at radius 3 is 2.60 bits per heavy atom. The Bertz CT molecular complexity index is 466. The Balaban J connectivity index is 0.000000956. The number of carbonyl (C=O) groups excluding carboxylic acids is 1. The van der Waals surface area contributed by atoms with E-state index < -0.39 is 25.0 Å². The standard InChI is InChI=1S/C11H10F3NO3.C2H6/c12-5-11(13,14)15-4-8(16)7-1-2-9-10(3-7)18-6-17-9;1-2/h1-3,15H,4-6H2;1-2H3. The minimum Gasteiger partial charge on any atom is -0.454 e. The van der Waals surface area contributed by atoms with Crippen molar-refractivity contribution in [3.8, 4) is 11.5 Å². The van der Waals surface area contributed by atoms with Crippen LogP contribution in [0.4, 0.5) is 13.2 Å². The van der Waals surface area contributed by atoms with Crippen molar-refractivity contribution in [1.82, 2.24) is 5.32 Å². The molecule has 1 aliphatic heterocycles. The number of alkyl halides is 3. The number of Topliss-reactive ketones (excluding diaryl/α,β-unsaturated/α-hetero) is 1. The summed E-state index contributed by atoms with van der Waals surface area (Å²) >= 11 is 0. The molecule has 0 saturated heterocycles. The van der Waals surface area contributed by atoms with Gasteiger partial charge in [0.1, 0.15) is 0 Å². The normalized spacial score (nSPS) is 12.7. The lowest BCUT2D eigenvalue weighted by Crippen LogP contribution is -2.41. The van der Waals surface area contributed by atoms with Crippen LogP contribution < -0.4 is 14.8 Å². The predicted octanol–water partition coefficient (Wildman–Crippen LogP) is 2.78. The van der Waals surface area contributed by atoms with Gasteiger partial charge in [0.25, 0.3) is 0 Å². The molecule has 7 heteroatoms. The maximum Gasteiger partial charge on any atom is 0.330 e. The summed E-state index contributed by atoms with van der Waals surface area (Å²) in [6, 6.07) is 0.667. The molecule has 0 unspecified atom stereocenters. The summed E-state index contributed by atoms with van der Waals surface area (Å²) in [5.74, 6) is 0.299. The number of rotatable bonds is 5. The van der Waals surface area contributed by atoms with Gasteiger partial charge in [0.2, 0.25) is 6.79 Å². The first-order valence-electron chi connectivity index (χ1n) is 6.13. The molecule has 0 bridgehead atoms. The highest BCUT2D eigenvalue weighted by Gasteiger charge is 2.29. The second-order valence-electron chi connectivity index (χ2n) is 3.68. The number of benzene rings is 1. The molecule has 0 radical (unpaired) electrons. The Hall–Kier alpha value is -1.76. The maximum absolute atomic E-state index is 12.6. The van der Waals surface area contributed by atoms with E-state index in [-0.39, 0.29) is 12.4 Å². The molecule has 0 fully saturated rings. The van der Waals surface area contributed by atoms with Crippen LogP contribution in [0.25, 0.3) is 0 Å². The van der Waals surface area contributed by atoms with Crippen molar-refractivity contribution in [2.24, 2.45) is 0 Å². The number of hydrogen-bond acceptors (Lipinski definition) is 4. The molecule has 0 saturated carbocycles. The van der Waals surface area contributed by atoms with E-state index in [2.05, 4.69) is 0 Å². The zero-order valence-corrected chi connectivity index (χ0v) is 11.2. The largest absolute Gasteiger partial charge is 0.454 e. The van der Waals surface area contributed by atoms with Gasteiger partial charge in [-0.1, -0.05) is 13.8 Å². The Morgan fingerprint density at radius 2 is 1.95 bits per heavy atom. The number of ether oxygens (including phenoxy) is 2. The van der Waals surface area contributed by atoms with Crippen LogP contribution in [0.2, 0.25) is 0 Å². The average molecular weight is 291 g/mol. The van der Waals surface area contributed by atoms with Crippen molar-refractivity contribution in [2.45, 2.75) is 19.9 Å². The Labute approximate surface area is 114 Å². The van der Waals surface area contributed by atoms with Crippen LogP contribution >= 0.6 is 0 Å². The zero-order chi connectivity index (χ0) is 15.2. The summed E-state index contributed by atoms with van der Waals surface area (Å²) in [5.41, 5.74) is 0.196. The molecule has 1 aliphatic rings. The molecule has 20 heavy (non-hydrogen) atoms. The monoisotopic (exact) mass is 291 g/mol. The molecule has 1 aromatic rings. The number of ketones is 1. The fraction of sp³-hybridized carbons (Fsp3) is 0.462. The van der Waals surface area contributed by atoms with E-state index in [0.717, 1.165) is 0 Å². The molecule has 4 nitrogen and oxygen atoms in total. The van der Waals surface area contributed by atoms with Crippen molar-refractivity contribution < 1.29 is 27.4 Å². The van der Waals surface area contributed by atoms with Gasteiger partial charge in [0.15, 0.2) is 24.0 Å². The quantitative estimate of drug-likeness (QED) is 0.669. The fourth-order valence-electron chi connectivity index (χ4n) is 1.43. The van der Waals surface area contributed by atoms with Crippen LogP contribution in [0.1, 0.15) is 24.2 Å². The lowest BCUT2D eigenvalue weighted by molar-refractivity contribution is -0.0525. The summed E-state index contributed by atoms with van der Waals surface area (Å²) in [4.78, 5) is 11.6. The van der Waals surface area contributed by atoms with E-state index in [9.17, 15) is 18.0 Å². The minimum atomic E-state index is -3.69. The third kappa shape index (κ3) is 4.12. The van der Waals surface area contributed by atoms with Crippen LogP contribution in [-0.2, 0) is 0 Å². The highest BCUT2D eigenvalue weighted by atomic mass is 19.3. The lowest BCUT2D eigenvalue weighted by Gasteiger charge is -2.13. The molecule has 112 valence electrons. The third-order valence-corrected chi connectivity index (χ3v) is 2.37. The van der Waals surface area contributed by atoms with E-state index in [4.69, 9.17) is 9.47 Å². The highest BCUT2D eigenvalue weighted by Crippen LogP contribution is 2.32. The van der Waals surface area contributed by atoms with Gasteiger partial charge in [-0.2, -0.15) is 8.78 Å². The van der Waals surface area contributed by atoms with Gasteiger partial charge >= 0.3 is 6.05 Å². The summed E-state index contributed by atoms with van der Waals surface area (Å²) in [6.07, 6.45) is 0. The molecule has 0 aromatic heterocycles. The van der Waals surface area contributed by atoms with Crippen molar-refractivity contribution in [3.05, 3.63) is 23.8 Å². The number of nitrogens with one attached hydrogen (secondary N) is 1. The SMILES string of the molecule is CC.O=C(CNC(F)(F)CF)c1ccc2c(c1)OCO2.